The number of carbonyl (C=O) groups is 2. The average Bonchev–Trinajstić information content (AvgIpc) is 2.98. The fourth-order valence-electron chi connectivity index (χ4n) is 4.02. The molecular weight excluding hydrogens is 522 g/mol. The maximum atomic E-state index is 13.2. The van der Waals surface area contributed by atoms with Crippen LogP contribution in [0.3, 0.4) is 0 Å². The van der Waals surface area contributed by atoms with E-state index in [4.69, 9.17) is 23.7 Å². The van der Waals surface area contributed by atoms with Gasteiger partial charge in [-0.2, -0.15) is 0 Å². The summed E-state index contributed by atoms with van der Waals surface area (Å²) in [6, 6.07) is 15.7. The van der Waals surface area contributed by atoms with E-state index in [1.165, 1.54) is 40.6 Å². The van der Waals surface area contributed by atoms with Crippen molar-refractivity contribution in [3.8, 4) is 34.3 Å². The molecule has 1 heterocycles. The number of non-ortho nitro benzene ring substituents is 1. The number of ether oxygens (including phenoxy) is 5. The van der Waals surface area contributed by atoms with Crippen molar-refractivity contribution in [1.82, 2.24) is 4.98 Å². The summed E-state index contributed by atoms with van der Waals surface area (Å²) in [6.45, 7) is -0.652. The van der Waals surface area contributed by atoms with Crippen molar-refractivity contribution in [3.63, 3.8) is 0 Å². The minimum Gasteiger partial charge on any atom is -0.495 e. The fourth-order valence-corrected chi connectivity index (χ4v) is 4.02. The molecule has 4 rings (SSSR count). The number of para-hydroxylation sites is 1. The first-order chi connectivity index (χ1) is 19.3. The van der Waals surface area contributed by atoms with Crippen LogP contribution in [0.1, 0.15) is 10.4 Å². The number of nitrogens with one attached hydrogen (secondary N) is 1. The van der Waals surface area contributed by atoms with E-state index in [9.17, 15) is 19.7 Å². The number of nitrogens with zero attached hydrogens (tertiary/aromatic N) is 2. The van der Waals surface area contributed by atoms with Crippen molar-refractivity contribution >= 4 is 34.2 Å². The number of pyridine rings is 1. The van der Waals surface area contributed by atoms with E-state index in [0.29, 0.717) is 39.4 Å². The molecule has 3 aromatic carbocycles. The van der Waals surface area contributed by atoms with Crippen molar-refractivity contribution in [2.45, 2.75) is 0 Å². The molecule has 0 radical (unpaired) electrons. The van der Waals surface area contributed by atoms with Gasteiger partial charge in [-0.1, -0.05) is 18.2 Å². The van der Waals surface area contributed by atoms with Gasteiger partial charge in [-0.05, 0) is 30.3 Å². The fraction of sp³-hybridized carbons (Fsp3) is 0.179. The highest BCUT2D eigenvalue weighted by Gasteiger charge is 2.20. The summed E-state index contributed by atoms with van der Waals surface area (Å²) >= 11 is 0. The van der Waals surface area contributed by atoms with Crippen molar-refractivity contribution < 1.29 is 38.2 Å². The van der Waals surface area contributed by atoms with E-state index in [1.54, 1.807) is 42.5 Å². The first-order valence-electron chi connectivity index (χ1n) is 11.8. The number of methoxy groups -OCH3 is 4. The van der Waals surface area contributed by atoms with Gasteiger partial charge < -0.3 is 29.0 Å². The second kappa shape index (κ2) is 12.0. The van der Waals surface area contributed by atoms with Gasteiger partial charge in [0, 0.05) is 23.1 Å². The van der Waals surface area contributed by atoms with Crippen LogP contribution < -0.4 is 24.3 Å². The third-order valence-electron chi connectivity index (χ3n) is 5.90. The molecule has 1 aromatic heterocycles. The summed E-state index contributed by atoms with van der Waals surface area (Å²) < 4.78 is 26.7. The molecule has 12 heteroatoms. The number of hydrogen-bond acceptors (Lipinski definition) is 10. The van der Waals surface area contributed by atoms with E-state index in [2.05, 4.69) is 10.3 Å². The molecule has 0 aliphatic heterocycles. The maximum absolute atomic E-state index is 13.2. The topological polar surface area (TPSA) is 148 Å². The lowest BCUT2D eigenvalue weighted by atomic mass is 10.0. The minimum atomic E-state index is -0.770. The third-order valence-corrected chi connectivity index (χ3v) is 5.90. The molecule has 0 bridgehead atoms. The highest BCUT2D eigenvalue weighted by atomic mass is 16.6. The minimum absolute atomic E-state index is 0.0665. The normalized spacial score (nSPS) is 10.5. The standard InChI is InChI=1S/C28H25N3O9/c1-36-23-10-9-17(31(34)35)13-22(23)30-26(32)15-40-28(33)19-14-21(29-20-8-6-5-7-18(19)20)16-11-24(37-2)27(39-4)25(12-16)38-3/h5-14H,15H2,1-4H3,(H,30,32). The molecule has 1 amide bonds. The number of anilines is 1. The predicted octanol–water partition coefficient (Wildman–Crippen LogP) is 4.64. The van der Waals surface area contributed by atoms with Crippen LogP contribution in [0.4, 0.5) is 11.4 Å². The lowest BCUT2D eigenvalue weighted by Crippen LogP contribution is -2.21. The third kappa shape index (κ3) is 5.70. The number of fused-ring (bicyclic) bond motifs is 1. The van der Waals surface area contributed by atoms with Crippen molar-refractivity contribution in [2.75, 3.05) is 40.4 Å². The van der Waals surface area contributed by atoms with Gasteiger partial charge in [0.1, 0.15) is 5.75 Å². The summed E-state index contributed by atoms with van der Waals surface area (Å²) in [4.78, 5) is 41.0. The molecule has 0 aliphatic carbocycles. The Morgan fingerprint density at radius 3 is 2.17 bits per heavy atom. The Balaban J connectivity index is 1.63. The van der Waals surface area contributed by atoms with Gasteiger partial charge in [0.05, 0.1) is 55.8 Å². The second-order valence-corrected chi connectivity index (χ2v) is 8.25. The molecule has 4 aromatic rings. The summed E-state index contributed by atoms with van der Waals surface area (Å²) in [5.74, 6) is -0.0573. The van der Waals surface area contributed by atoms with Crippen LogP contribution in [0.2, 0.25) is 0 Å². The molecule has 0 atom stereocenters. The Labute approximate surface area is 228 Å². The van der Waals surface area contributed by atoms with Crippen LogP contribution in [0.5, 0.6) is 23.0 Å². The van der Waals surface area contributed by atoms with Gasteiger partial charge in [0.25, 0.3) is 11.6 Å². The number of aromatic nitrogens is 1. The van der Waals surface area contributed by atoms with Gasteiger partial charge in [-0.15, -0.1) is 0 Å². The molecular formula is C28H25N3O9. The molecule has 0 aliphatic rings. The first kappa shape index (κ1) is 27.6. The molecule has 0 spiro atoms. The van der Waals surface area contributed by atoms with Gasteiger partial charge in [-0.3, -0.25) is 14.9 Å². The van der Waals surface area contributed by atoms with Crippen LogP contribution in [0.25, 0.3) is 22.2 Å². The summed E-state index contributed by atoms with van der Waals surface area (Å²) in [6.07, 6.45) is 0. The van der Waals surface area contributed by atoms with E-state index in [0.717, 1.165) is 6.07 Å². The molecule has 0 unspecified atom stereocenters. The van der Waals surface area contributed by atoms with Crippen molar-refractivity contribution in [1.29, 1.82) is 0 Å². The van der Waals surface area contributed by atoms with E-state index in [-0.39, 0.29) is 22.7 Å². The Morgan fingerprint density at radius 2 is 1.55 bits per heavy atom. The zero-order valence-corrected chi connectivity index (χ0v) is 22.0. The van der Waals surface area contributed by atoms with Gasteiger partial charge in [0.15, 0.2) is 18.1 Å². The molecule has 206 valence electrons. The van der Waals surface area contributed by atoms with E-state index < -0.39 is 23.4 Å². The molecule has 0 fully saturated rings. The van der Waals surface area contributed by atoms with Crippen molar-refractivity contribution in [2.24, 2.45) is 0 Å². The lowest BCUT2D eigenvalue weighted by Gasteiger charge is -2.15. The Kier molecular flexibility index (Phi) is 8.28. The average molecular weight is 548 g/mol. The second-order valence-electron chi connectivity index (χ2n) is 8.25. The van der Waals surface area contributed by atoms with Crippen molar-refractivity contribution in [3.05, 3.63) is 76.3 Å². The molecule has 40 heavy (non-hydrogen) atoms. The molecule has 1 N–H and O–H groups in total. The van der Waals surface area contributed by atoms with Crippen LogP contribution in [-0.4, -0.2) is 56.8 Å². The number of nitro benzene ring substituents is 1. The van der Waals surface area contributed by atoms with E-state index >= 15 is 0 Å². The number of rotatable bonds is 10. The highest BCUT2D eigenvalue weighted by Crippen LogP contribution is 2.41. The number of esters is 1. The van der Waals surface area contributed by atoms with Gasteiger partial charge >= 0.3 is 5.97 Å². The van der Waals surface area contributed by atoms with Gasteiger partial charge in [-0.25, -0.2) is 9.78 Å². The number of hydrogen-bond donors (Lipinski definition) is 1. The highest BCUT2D eigenvalue weighted by molar-refractivity contribution is 6.05. The Morgan fingerprint density at radius 1 is 0.875 bits per heavy atom. The Bertz CT molecular complexity index is 1580. The SMILES string of the molecule is COc1ccc([N+](=O)[O-])cc1NC(=O)COC(=O)c1cc(-c2cc(OC)c(OC)c(OC)c2)nc2ccccc12. The quantitative estimate of drug-likeness (QED) is 0.169. The molecule has 12 nitrogen and oxygen atoms in total. The van der Waals surface area contributed by atoms with Crippen LogP contribution in [-0.2, 0) is 9.53 Å². The summed E-state index contributed by atoms with van der Waals surface area (Å²) in [5.41, 5.74) is 1.54. The Hall–Kier alpha value is -5.39. The monoisotopic (exact) mass is 547 g/mol. The predicted molar refractivity (Wildman–Crippen MR) is 145 cm³/mol. The smallest absolute Gasteiger partial charge is 0.339 e. The lowest BCUT2D eigenvalue weighted by molar-refractivity contribution is -0.384. The maximum Gasteiger partial charge on any atom is 0.339 e. The van der Waals surface area contributed by atoms with Crippen LogP contribution in [0, 0.1) is 10.1 Å². The largest absolute Gasteiger partial charge is 0.495 e. The first-order valence-corrected chi connectivity index (χ1v) is 11.8. The zero-order valence-electron chi connectivity index (χ0n) is 22.0. The summed E-state index contributed by atoms with van der Waals surface area (Å²) in [7, 11) is 5.84. The number of amides is 1. The van der Waals surface area contributed by atoms with Crippen LogP contribution >= 0.6 is 0 Å². The number of nitro groups is 1. The zero-order chi connectivity index (χ0) is 28.8. The number of benzene rings is 3. The van der Waals surface area contributed by atoms with Gasteiger partial charge in [0.2, 0.25) is 5.75 Å². The van der Waals surface area contributed by atoms with Crippen LogP contribution in [0.15, 0.2) is 60.7 Å². The number of carbonyl (C=O) groups excluding carboxylic acids is 2. The van der Waals surface area contributed by atoms with E-state index in [1.807, 2.05) is 0 Å². The molecule has 0 saturated carbocycles. The summed E-state index contributed by atoms with van der Waals surface area (Å²) in [5, 5.41) is 14.1. The molecule has 0 saturated heterocycles.